The third-order valence-corrected chi connectivity index (χ3v) is 7.91. The molecule has 0 aliphatic carbocycles. The van der Waals surface area contributed by atoms with Gasteiger partial charge >= 0.3 is 0 Å². The van der Waals surface area contributed by atoms with Gasteiger partial charge in [0.2, 0.25) is 0 Å². The molecule has 1 saturated heterocycles. The molecule has 35 heavy (non-hydrogen) atoms. The Bertz CT molecular complexity index is 1080. The maximum atomic E-state index is 12.2. The van der Waals surface area contributed by atoms with Crippen LogP contribution in [0, 0.1) is 0 Å². The molecule has 3 aromatic carbocycles. The Morgan fingerprint density at radius 3 is 1.97 bits per heavy atom. The largest absolute Gasteiger partial charge is 0.390 e. The molecule has 5 nitrogen and oxygen atoms in total. The first-order valence-electron chi connectivity index (χ1n) is 11.7. The number of thioether (sulfide) groups is 1. The molecule has 1 heterocycles. The van der Waals surface area contributed by atoms with Gasteiger partial charge in [-0.3, -0.25) is 0 Å². The number of hydrogen-bond acceptors (Lipinski definition) is 6. The summed E-state index contributed by atoms with van der Waals surface area (Å²) in [6, 6.07) is 28.2. The van der Waals surface area contributed by atoms with Crippen molar-refractivity contribution in [2.45, 2.75) is 59.1 Å². The Kier molecular flexibility index (Phi) is 8.12. The zero-order chi connectivity index (χ0) is 24.9. The predicted octanol–water partition coefficient (Wildman–Crippen LogP) is 3.75. The van der Waals surface area contributed by atoms with Gasteiger partial charge in [-0.05, 0) is 29.7 Å². The second-order valence-corrected chi connectivity index (χ2v) is 10.2. The van der Waals surface area contributed by atoms with Crippen molar-refractivity contribution < 1.29 is 25.2 Å². The first-order valence-corrected chi connectivity index (χ1v) is 12.6. The van der Waals surface area contributed by atoms with Crippen molar-refractivity contribution in [2.75, 3.05) is 0 Å². The topological polar surface area (TPSA) is 90.2 Å². The molecule has 1 unspecified atom stereocenters. The molecule has 4 N–H and O–H groups in total. The number of rotatable bonds is 9. The number of hydrogen-bond donors (Lipinski definition) is 4. The van der Waals surface area contributed by atoms with Crippen LogP contribution in [0.1, 0.15) is 17.5 Å². The van der Waals surface area contributed by atoms with Crippen molar-refractivity contribution in [1.82, 2.24) is 0 Å². The minimum atomic E-state index is -2.02. The smallest absolute Gasteiger partial charge is 0.140 e. The number of ether oxygens (including phenoxy) is 1. The van der Waals surface area contributed by atoms with E-state index in [1.807, 2.05) is 91.0 Å². The van der Waals surface area contributed by atoms with Gasteiger partial charge in [-0.1, -0.05) is 96.7 Å². The van der Waals surface area contributed by atoms with Gasteiger partial charge in [0.1, 0.15) is 28.8 Å². The maximum absolute atomic E-state index is 12.2. The van der Waals surface area contributed by atoms with Crippen LogP contribution in [0.25, 0.3) is 0 Å². The van der Waals surface area contributed by atoms with Crippen LogP contribution in [-0.4, -0.2) is 55.4 Å². The molecule has 184 valence electrons. The van der Waals surface area contributed by atoms with Gasteiger partial charge < -0.3 is 25.2 Å². The van der Waals surface area contributed by atoms with Gasteiger partial charge in [0.25, 0.3) is 0 Å². The van der Waals surface area contributed by atoms with Crippen LogP contribution >= 0.6 is 11.8 Å². The van der Waals surface area contributed by atoms with Gasteiger partial charge in [-0.25, -0.2) is 0 Å². The van der Waals surface area contributed by atoms with Gasteiger partial charge in [-0.15, -0.1) is 6.58 Å². The highest BCUT2D eigenvalue weighted by Crippen LogP contribution is 2.48. The molecule has 0 radical (unpaired) electrons. The molecular formula is C29H32O5S. The second kappa shape index (κ2) is 11.1. The summed E-state index contributed by atoms with van der Waals surface area (Å²) in [7, 11) is 0. The summed E-state index contributed by atoms with van der Waals surface area (Å²) < 4.78 is 6.28. The number of aliphatic hydroxyl groups is 4. The lowest BCUT2D eigenvalue weighted by molar-refractivity contribution is -0.307. The van der Waals surface area contributed by atoms with Crippen molar-refractivity contribution in [3.05, 3.63) is 115 Å². The van der Waals surface area contributed by atoms with Crippen LogP contribution in [0.4, 0.5) is 0 Å². The van der Waals surface area contributed by atoms with Gasteiger partial charge in [0.15, 0.2) is 0 Å². The van der Waals surface area contributed by atoms with E-state index in [-0.39, 0.29) is 19.3 Å². The fourth-order valence-electron chi connectivity index (χ4n) is 4.74. The van der Waals surface area contributed by atoms with E-state index in [4.69, 9.17) is 4.74 Å². The van der Waals surface area contributed by atoms with E-state index in [1.165, 1.54) is 17.8 Å². The molecule has 0 bridgehead atoms. The second-order valence-electron chi connectivity index (χ2n) is 9.07. The molecule has 0 saturated carbocycles. The quantitative estimate of drug-likeness (QED) is 0.340. The van der Waals surface area contributed by atoms with Gasteiger partial charge in [0.05, 0.1) is 6.10 Å². The average Bonchev–Trinajstić information content (AvgIpc) is 2.87. The molecular weight excluding hydrogens is 460 g/mol. The highest BCUT2D eigenvalue weighted by atomic mass is 32.2. The minimum absolute atomic E-state index is 0.0429. The monoisotopic (exact) mass is 492 g/mol. The molecule has 3 aromatic rings. The maximum Gasteiger partial charge on any atom is 0.140 e. The zero-order valence-corrected chi connectivity index (χ0v) is 20.3. The normalized spacial score (nSPS) is 29.4. The molecule has 0 spiro atoms. The van der Waals surface area contributed by atoms with Crippen molar-refractivity contribution in [3.8, 4) is 0 Å². The van der Waals surface area contributed by atoms with Crippen molar-refractivity contribution in [3.63, 3.8) is 0 Å². The molecule has 6 heteroatoms. The minimum Gasteiger partial charge on any atom is -0.390 e. The molecule has 1 aliphatic rings. The molecule has 1 fully saturated rings. The summed E-state index contributed by atoms with van der Waals surface area (Å²) in [6.45, 7) is 3.76. The van der Waals surface area contributed by atoms with Crippen molar-refractivity contribution in [2.24, 2.45) is 0 Å². The molecule has 1 aliphatic heterocycles. The first-order chi connectivity index (χ1) is 16.9. The Morgan fingerprint density at radius 2 is 1.40 bits per heavy atom. The van der Waals surface area contributed by atoms with Gasteiger partial charge in [0, 0.05) is 17.7 Å². The Balaban J connectivity index is 1.73. The average molecular weight is 493 g/mol. The zero-order valence-electron chi connectivity index (χ0n) is 19.5. The van der Waals surface area contributed by atoms with Crippen LogP contribution < -0.4 is 0 Å². The lowest BCUT2D eigenvalue weighted by atomic mass is 9.69. The fraction of sp³-hybridized carbons (Fsp3) is 0.310. The highest BCUT2D eigenvalue weighted by molar-refractivity contribution is 7.99. The van der Waals surface area contributed by atoms with E-state index in [0.717, 1.165) is 16.0 Å². The summed E-state index contributed by atoms with van der Waals surface area (Å²) >= 11 is 1.26. The Morgan fingerprint density at radius 1 is 0.857 bits per heavy atom. The summed E-state index contributed by atoms with van der Waals surface area (Å²) in [5, 5.41) is 46.7. The van der Waals surface area contributed by atoms with Crippen LogP contribution in [-0.2, 0) is 17.6 Å². The lowest BCUT2D eigenvalue weighted by Gasteiger charge is -2.56. The molecule has 6 atom stereocenters. The van der Waals surface area contributed by atoms with Crippen LogP contribution in [0.2, 0.25) is 0 Å². The number of benzene rings is 3. The first kappa shape index (κ1) is 25.6. The van der Waals surface area contributed by atoms with Crippen LogP contribution in [0.5, 0.6) is 0 Å². The summed E-state index contributed by atoms with van der Waals surface area (Å²) in [5.41, 5.74) is -3.21. The van der Waals surface area contributed by atoms with Crippen LogP contribution in [0.15, 0.2) is 109 Å². The summed E-state index contributed by atoms with van der Waals surface area (Å²) in [6.07, 6.45) is -2.12. The van der Waals surface area contributed by atoms with E-state index in [9.17, 15) is 20.4 Å². The highest BCUT2D eigenvalue weighted by Gasteiger charge is 2.65. The summed E-state index contributed by atoms with van der Waals surface area (Å²) in [5.74, 6) is 0. The van der Waals surface area contributed by atoms with Crippen molar-refractivity contribution in [1.29, 1.82) is 0 Å². The van der Waals surface area contributed by atoms with Crippen molar-refractivity contribution >= 4 is 11.8 Å². The summed E-state index contributed by atoms with van der Waals surface area (Å²) in [4.78, 5) is 0.831. The molecule has 0 aromatic heterocycles. The third kappa shape index (κ3) is 5.38. The third-order valence-electron chi connectivity index (χ3n) is 6.65. The number of aliphatic hydroxyl groups excluding tert-OH is 2. The van der Waals surface area contributed by atoms with E-state index >= 15 is 0 Å². The van der Waals surface area contributed by atoms with E-state index in [1.54, 1.807) is 0 Å². The fourth-order valence-corrected chi connectivity index (χ4v) is 5.97. The van der Waals surface area contributed by atoms with E-state index in [2.05, 4.69) is 6.58 Å². The molecule has 0 amide bonds. The SMILES string of the molecule is C=CC[C@]1(O)[C@H](O)[C@@H](C(O)Cc2ccccc2)O[C@@H](Sc2ccccc2)[C@]1(O)Cc1ccccc1. The predicted molar refractivity (Wildman–Crippen MR) is 138 cm³/mol. The van der Waals surface area contributed by atoms with E-state index in [0.29, 0.717) is 0 Å². The Hall–Kier alpha value is -2.45. The standard InChI is InChI=1S/C29H32O5S/c1-2-18-28(32)26(31)25(24(30)19-21-12-6-3-7-13-21)34-27(35-23-16-10-5-11-17-23)29(28,33)20-22-14-8-4-9-15-22/h2-17,24-27,30-33H,1,18-20H2/t24?,25-,26-,27+,28+,29-/m1/s1. The van der Waals surface area contributed by atoms with E-state index < -0.39 is 34.9 Å². The molecule has 4 rings (SSSR count). The van der Waals surface area contributed by atoms with Gasteiger partial charge in [-0.2, -0.15) is 0 Å². The Labute approximate surface area is 210 Å². The van der Waals surface area contributed by atoms with Crippen LogP contribution in [0.3, 0.4) is 0 Å². The lowest BCUT2D eigenvalue weighted by Crippen LogP contribution is -2.75.